The summed E-state index contributed by atoms with van der Waals surface area (Å²) in [6.45, 7) is 3.91. The molecule has 0 radical (unpaired) electrons. The zero-order valence-corrected chi connectivity index (χ0v) is 15.5. The normalized spacial score (nSPS) is 17.7. The minimum atomic E-state index is 0.531. The van der Waals surface area contributed by atoms with Crippen LogP contribution in [-0.2, 0) is 13.1 Å². The standard InChI is InChI=1S/C20H24N6O/c1-27-19-6-2-4-16(12-19)13-25-11-3-5-17(14-25)15-26-23-20(22-24-26)18-7-9-21-10-8-18/h2,4,6-10,12,17H,3,5,11,13-15H2,1H3/t17-/m0/s1. The number of tetrazole rings is 1. The number of hydrogen-bond donors (Lipinski definition) is 0. The monoisotopic (exact) mass is 364 g/mol. The summed E-state index contributed by atoms with van der Waals surface area (Å²) in [5, 5.41) is 13.0. The Labute approximate surface area is 159 Å². The van der Waals surface area contributed by atoms with Crippen LogP contribution < -0.4 is 4.74 Å². The van der Waals surface area contributed by atoms with Gasteiger partial charge in [0.05, 0.1) is 13.7 Å². The van der Waals surface area contributed by atoms with Crippen molar-refractivity contribution in [2.75, 3.05) is 20.2 Å². The summed E-state index contributed by atoms with van der Waals surface area (Å²) < 4.78 is 5.33. The highest BCUT2D eigenvalue weighted by atomic mass is 16.5. The maximum atomic E-state index is 5.33. The van der Waals surface area contributed by atoms with Crippen LogP contribution in [0.15, 0.2) is 48.8 Å². The van der Waals surface area contributed by atoms with Gasteiger partial charge in [-0.1, -0.05) is 12.1 Å². The molecular formula is C20H24N6O. The van der Waals surface area contributed by atoms with Crippen LogP contribution in [0.25, 0.3) is 11.4 Å². The van der Waals surface area contributed by atoms with Gasteiger partial charge in [0.25, 0.3) is 0 Å². The van der Waals surface area contributed by atoms with Crippen LogP contribution in [0.1, 0.15) is 18.4 Å². The van der Waals surface area contributed by atoms with Gasteiger partial charge >= 0.3 is 0 Å². The first-order valence-electron chi connectivity index (χ1n) is 9.33. The Morgan fingerprint density at radius 2 is 2.07 bits per heavy atom. The maximum Gasteiger partial charge on any atom is 0.205 e. The number of pyridine rings is 1. The summed E-state index contributed by atoms with van der Waals surface area (Å²) >= 11 is 0. The maximum absolute atomic E-state index is 5.33. The van der Waals surface area contributed by atoms with E-state index in [1.165, 1.54) is 18.4 Å². The van der Waals surface area contributed by atoms with Gasteiger partial charge in [-0.15, -0.1) is 10.2 Å². The summed E-state index contributed by atoms with van der Waals surface area (Å²) in [6, 6.07) is 12.1. The second-order valence-corrected chi connectivity index (χ2v) is 7.00. The Morgan fingerprint density at radius 3 is 2.93 bits per heavy atom. The molecule has 4 rings (SSSR count). The lowest BCUT2D eigenvalue weighted by Gasteiger charge is -2.32. The Morgan fingerprint density at radius 1 is 1.19 bits per heavy atom. The van der Waals surface area contributed by atoms with Crippen LogP contribution >= 0.6 is 0 Å². The number of likely N-dealkylation sites (tertiary alicyclic amines) is 1. The van der Waals surface area contributed by atoms with Gasteiger partial charge in [-0.25, -0.2) is 0 Å². The third kappa shape index (κ3) is 4.49. The van der Waals surface area contributed by atoms with Gasteiger partial charge in [0, 0.05) is 31.0 Å². The topological polar surface area (TPSA) is 69.0 Å². The lowest BCUT2D eigenvalue weighted by molar-refractivity contribution is 0.149. The molecule has 0 N–H and O–H groups in total. The molecule has 1 aliphatic heterocycles. The molecule has 1 atom stereocenters. The lowest BCUT2D eigenvalue weighted by atomic mass is 9.97. The quantitative estimate of drug-likeness (QED) is 0.670. The number of methoxy groups -OCH3 is 1. The average molecular weight is 364 g/mol. The summed E-state index contributed by atoms with van der Waals surface area (Å²) in [7, 11) is 1.71. The predicted molar refractivity (Wildman–Crippen MR) is 102 cm³/mol. The summed E-state index contributed by atoms with van der Waals surface area (Å²) in [5.74, 6) is 2.10. The van der Waals surface area contributed by atoms with E-state index < -0.39 is 0 Å². The molecule has 0 aliphatic carbocycles. The molecular weight excluding hydrogens is 340 g/mol. The van der Waals surface area contributed by atoms with E-state index in [4.69, 9.17) is 4.74 Å². The number of rotatable bonds is 6. The highest BCUT2D eigenvalue weighted by Crippen LogP contribution is 2.21. The van der Waals surface area contributed by atoms with Crippen molar-refractivity contribution < 1.29 is 4.74 Å². The first kappa shape index (κ1) is 17.6. The Balaban J connectivity index is 1.36. The average Bonchev–Trinajstić information content (AvgIpc) is 3.17. The van der Waals surface area contributed by atoms with Crippen molar-refractivity contribution in [3.63, 3.8) is 0 Å². The van der Waals surface area contributed by atoms with Crippen molar-refractivity contribution in [2.45, 2.75) is 25.9 Å². The van der Waals surface area contributed by atoms with Crippen molar-refractivity contribution in [3.05, 3.63) is 54.4 Å². The Bertz CT molecular complexity index is 866. The van der Waals surface area contributed by atoms with Gasteiger partial charge in [-0.2, -0.15) is 4.80 Å². The van der Waals surface area contributed by atoms with Gasteiger partial charge in [0.15, 0.2) is 0 Å². The van der Waals surface area contributed by atoms with E-state index in [9.17, 15) is 0 Å². The van der Waals surface area contributed by atoms with Crippen LogP contribution in [0.2, 0.25) is 0 Å². The molecule has 1 aromatic carbocycles. The SMILES string of the molecule is COc1cccc(CN2CCC[C@H](Cn3nnc(-c4ccncc4)n3)C2)c1. The van der Waals surface area contributed by atoms with E-state index in [1.807, 2.05) is 18.2 Å². The molecule has 0 unspecified atom stereocenters. The van der Waals surface area contributed by atoms with E-state index in [0.717, 1.165) is 37.5 Å². The molecule has 0 bridgehead atoms. The second kappa shape index (κ2) is 8.26. The van der Waals surface area contributed by atoms with E-state index in [2.05, 4.69) is 43.5 Å². The van der Waals surface area contributed by atoms with Crippen molar-refractivity contribution in [1.82, 2.24) is 30.1 Å². The molecule has 0 amide bonds. The molecule has 1 saturated heterocycles. The molecule has 2 aromatic heterocycles. The van der Waals surface area contributed by atoms with Gasteiger partial charge in [-0.3, -0.25) is 9.88 Å². The highest BCUT2D eigenvalue weighted by molar-refractivity contribution is 5.51. The molecule has 0 spiro atoms. The predicted octanol–water partition coefficient (Wildman–Crippen LogP) is 2.66. The first-order valence-corrected chi connectivity index (χ1v) is 9.33. The molecule has 7 heteroatoms. The number of piperidine rings is 1. The lowest BCUT2D eigenvalue weighted by Crippen LogP contribution is -2.36. The van der Waals surface area contributed by atoms with Gasteiger partial charge in [0.1, 0.15) is 5.75 Å². The van der Waals surface area contributed by atoms with Crippen molar-refractivity contribution in [1.29, 1.82) is 0 Å². The second-order valence-electron chi connectivity index (χ2n) is 7.00. The summed E-state index contributed by atoms with van der Waals surface area (Å²) in [4.78, 5) is 8.26. The third-order valence-corrected chi connectivity index (χ3v) is 4.96. The van der Waals surface area contributed by atoms with Crippen LogP contribution in [-0.4, -0.2) is 50.3 Å². The summed E-state index contributed by atoms with van der Waals surface area (Å²) in [5.41, 5.74) is 2.23. The Hall–Kier alpha value is -2.80. The number of nitrogens with zero attached hydrogens (tertiary/aromatic N) is 6. The minimum Gasteiger partial charge on any atom is -0.497 e. The smallest absolute Gasteiger partial charge is 0.205 e. The van der Waals surface area contributed by atoms with E-state index in [1.54, 1.807) is 24.3 Å². The van der Waals surface area contributed by atoms with Gasteiger partial charge in [0.2, 0.25) is 5.82 Å². The number of ether oxygens (including phenoxy) is 1. The van der Waals surface area contributed by atoms with Crippen molar-refractivity contribution in [3.8, 4) is 17.1 Å². The molecule has 1 aliphatic rings. The third-order valence-electron chi connectivity index (χ3n) is 4.96. The van der Waals surface area contributed by atoms with Crippen LogP contribution in [0.4, 0.5) is 0 Å². The highest BCUT2D eigenvalue weighted by Gasteiger charge is 2.21. The van der Waals surface area contributed by atoms with Crippen molar-refractivity contribution in [2.24, 2.45) is 5.92 Å². The molecule has 27 heavy (non-hydrogen) atoms. The fraction of sp³-hybridized carbons (Fsp3) is 0.400. The number of hydrogen-bond acceptors (Lipinski definition) is 6. The van der Waals surface area contributed by atoms with E-state index in [0.29, 0.717) is 11.7 Å². The number of benzene rings is 1. The van der Waals surface area contributed by atoms with Crippen LogP contribution in [0, 0.1) is 5.92 Å². The molecule has 3 heterocycles. The zero-order chi connectivity index (χ0) is 18.5. The minimum absolute atomic E-state index is 0.531. The number of aromatic nitrogens is 5. The van der Waals surface area contributed by atoms with Crippen molar-refractivity contribution >= 4 is 0 Å². The molecule has 1 fully saturated rings. The Kier molecular flexibility index (Phi) is 5.39. The van der Waals surface area contributed by atoms with Gasteiger partial charge < -0.3 is 4.74 Å². The molecule has 3 aromatic rings. The molecule has 140 valence electrons. The van der Waals surface area contributed by atoms with E-state index in [-0.39, 0.29) is 0 Å². The molecule has 7 nitrogen and oxygen atoms in total. The largest absolute Gasteiger partial charge is 0.497 e. The fourth-order valence-corrected chi connectivity index (χ4v) is 3.64. The van der Waals surface area contributed by atoms with Crippen LogP contribution in [0.3, 0.4) is 0 Å². The summed E-state index contributed by atoms with van der Waals surface area (Å²) in [6.07, 6.45) is 5.88. The fourth-order valence-electron chi connectivity index (χ4n) is 3.64. The van der Waals surface area contributed by atoms with E-state index >= 15 is 0 Å². The van der Waals surface area contributed by atoms with Crippen LogP contribution in [0.5, 0.6) is 5.75 Å². The first-order chi connectivity index (χ1) is 13.3. The zero-order valence-electron chi connectivity index (χ0n) is 15.5. The van der Waals surface area contributed by atoms with Gasteiger partial charge in [-0.05, 0) is 60.3 Å². The molecule has 0 saturated carbocycles.